The predicted octanol–water partition coefficient (Wildman–Crippen LogP) is 3.29. The van der Waals surface area contributed by atoms with Crippen LogP contribution in [0.25, 0.3) is 5.69 Å². The lowest BCUT2D eigenvalue weighted by Crippen LogP contribution is -2.08. The first-order valence-corrected chi connectivity index (χ1v) is 5.81. The van der Waals surface area contributed by atoms with E-state index in [1.54, 1.807) is 0 Å². The largest absolute Gasteiger partial charge is 0.416 e. The zero-order valence-electron chi connectivity index (χ0n) is 8.62. The van der Waals surface area contributed by atoms with Crippen LogP contribution in [0.1, 0.15) is 5.56 Å². The molecule has 2 rings (SSSR count). The van der Waals surface area contributed by atoms with Gasteiger partial charge in [0, 0.05) is 4.47 Å². The molecule has 1 aromatic carbocycles. The molecule has 0 aliphatic rings. The van der Waals surface area contributed by atoms with Crippen LogP contribution in [-0.2, 0) is 6.18 Å². The fourth-order valence-electron chi connectivity index (χ4n) is 1.40. The minimum atomic E-state index is -4.43. The highest BCUT2D eigenvalue weighted by atomic mass is 79.9. The second kappa shape index (κ2) is 4.39. The molecule has 2 aromatic rings. The van der Waals surface area contributed by atoms with Gasteiger partial charge in [0.15, 0.2) is 0 Å². The van der Waals surface area contributed by atoms with E-state index in [4.69, 9.17) is 18.0 Å². The molecular formula is C9H6BrF3N4S. The molecule has 1 heterocycles. The number of nitrogens with two attached hydrogens (primary N) is 1. The standard InChI is InChI=1S/C9H6BrF3N4S/c10-5-2-1-4(9(11,12)13)3-6(5)17-7(14)15-16-8(17)18/h1-3H,(H2,14,15)(H,16,18). The fourth-order valence-corrected chi connectivity index (χ4v) is 2.06. The van der Waals surface area contributed by atoms with Gasteiger partial charge >= 0.3 is 6.18 Å². The normalized spacial score (nSPS) is 11.8. The van der Waals surface area contributed by atoms with E-state index in [9.17, 15) is 13.2 Å². The number of aromatic amines is 1. The average molecular weight is 339 g/mol. The van der Waals surface area contributed by atoms with Crippen molar-refractivity contribution in [2.24, 2.45) is 0 Å². The Morgan fingerprint density at radius 1 is 1.39 bits per heavy atom. The van der Waals surface area contributed by atoms with E-state index in [2.05, 4.69) is 26.1 Å². The van der Waals surface area contributed by atoms with Crippen molar-refractivity contribution >= 4 is 34.1 Å². The van der Waals surface area contributed by atoms with E-state index in [-0.39, 0.29) is 16.4 Å². The third-order valence-corrected chi connectivity index (χ3v) is 3.16. The van der Waals surface area contributed by atoms with Crippen molar-refractivity contribution in [2.75, 3.05) is 5.73 Å². The summed E-state index contributed by atoms with van der Waals surface area (Å²) in [4.78, 5) is 0. The van der Waals surface area contributed by atoms with Gasteiger partial charge in [-0.1, -0.05) is 0 Å². The molecule has 1 aromatic heterocycles. The van der Waals surface area contributed by atoms with E-state index in [0.717, 1.165) is 12.1 Å². The highest BCUT2D eigenvalue weighted by Gasteiger charge is 2.31. The van der Waals surface area contributed by atoms with Crippen molar-refractivity contribution < 1.29 is 13.2 Å². The first-order chi connectivity index (χ1) is 8.30. The summed E-state index contributed by atoms with van der Waals surface area (Å²) in [5, 5.41) is 6.06. The summed E-state index contributed by atoms with van der Waals surface area (Å²) in [6.07, 6.45) is -4.43. The summed E-state index contributed by atoms with van der Waals surface area (Å²) in [7, 11) is 0. The van der Waals surface area contributed by atoms with Gasteiger partial charge < -0.3 is 5.73 Å². The molecule has 96 valence electrons. The Kier molecular flexibility index (Phi) is 3.20. The van der Waals surface area contributed by atoms with Gasteiger partial charge in [-0.2, -0.15) is 13.2 Å². The molecule has 0 saturated heterocycles. The third kappa shape index (κ3) is 2.27. The number of halogens is 4. The Morgan fingerprint density at radius 2 is 2.06 bits per heavy atom. The second-order valence-electron chi connectivity index (χ2n) is 3.39. The number of rotatable bonds is 1. The van der Waals surface area contributed by atoms with Gasteiger partial charge in [0.1, 0.15) is 0 Å². The van der Waals surface area contributed by atoms with Crippen molar-refractivity contribution in [2.45, 2.75) is 6.18 Å². The predicted molar refractivity (Wildman–Crippen MR) is 65.9 cm³/mol. The van der Waals surface area contributed by atoms with Crippen LogP contribution in [0.15, 0.2) is 22.7 Å². The third-order valence-electron chi connectivity index (χ3n) is 2.21. The van der Waals surface area contributed by atoms with Crippen LogP contribution in [0.3, 0.4) is 0 Å². The topological polar surface area (TPSA) is 59.6 Å². The number of benzene rings is 1. The lowest BCUT2D eigenvalue weighted by atomic mass is 10.2. The average Bonchev–Trinajstić information content (AvgIpc) is 2.58. The van der Waals surface area contributed by atoms with Crippen molar-refractivity contribution in [3.63, 3.8) is 0 Å². The lowest BCUT2D eigenvalue weighted by molar-refractivity contribution is -0.137. The quantitative estimate of drug-likeness (QED) is 0.784. The summed E-state index contributed by atoms with van der Waals surface area (Å²) in [5.74, 6) is -0.0139. The maximum absolute atomic E-state index is 12.6. The summed E-state index contributed by atoms with van der Waals surface area (Å²) in [6, 6.07) is 3.20. The fraction of sp³-hybridized carbons (Fsp3) is 0.111. The second-order valence-corrected chi connectivity index (χ2v) is 4.63. The summed E-state index contributed by atoms with van der Waals surface area (Å²) >= 11 is 8.07. The monoisotopic (exact) mass is 338 g/mol. The molecule has 9 heteroatoms. The van der Waals surface area contributed by atoms with E-state index in [0.29, 0.717) is 4.47 Å². The number of alkyl halides is 3. The van der Waals surface area contributed by atoms with E-state index in [1.165, 1.54) is 10.6 Å². The molecule has 18 heavy (non-hydrogen) atoms. The number of H-pyrrole nitrogens is 1. The van der Waals surface area contributed by atoms with Gasteiger partial charge in [0.25, 0.3) is 0 Å². The van der Waals surface area contributed by atoms with E-state index >= 15 is 0 Å². The van der Waals surface area contributed by atoms with Crippen LogP contribution in [0.5, 0.6) is 0 Å². The molecule has 3 N–H and O–H groups in total. The SMILES string of the molecule is Nc1n[nH]c(=S)n1-c1cc(C(F)(F)F)ccc1Br. The molecule has 0 fully saturated rings. The van der Waals surface area contributed by atoms with Gasteiger partial charge in [0.05, 0.1) is 11.3 Å². The molecule has 0 spiro atoms. The Labute approximate surface area is 113 Å². The first kappa shape index (κ1) is 13.1. The van der Waals surface area contributed by atoms with Gasteiger partial charge in [-0.05, 0) is 46.3 Å². The van der Waals surface area contributed by atoms with Crippen molar-refractivity contribution in [3.05, 3.63) is 33.0 Å². The molecule has 0 saturated carbocycles. The number of nitrogen functional groups attached to an aromatic ring is 1. The summed E-state index contributed by atoms with van der Waals surface area (Å²) < 4.78 is 39.7. The Morgan fingerprint density at radius 3 is 2.56 bits per heavy atom. The molecular weight excluding hydrogens is 333 g/mol. The van der Waals surface area contributed by atoms with Gasteiger partial charge in [-0.3, -0.25) is 4.57 Å². The van der Waals surface area contributed by atoms with Gasteiger partial charge in [-0.15, -0.1) is 5.10 Å². The zero-order valence-corrected chi connectivity index (χ0v) is 11.0. The number of hydrogen-bond donors (Lipinski definition) is 2. The van der Waals surface area contributed by atoms with Crippen LogP contribution in [0, 0.1) is 4.77 Å². The smallest absolute Gasteiger partial charge is 0.368 e. The van der Waals surface area contributed by atoms with Gasteiger partial charge in [-0.25, -0.2) is 5.10 Å². The zero-order chi connectivity index (χ0) is 13.5. The van der Waals surface area contributed by atoms with Crippen LogP contribution < -0.4 is 5.73 Å². The molecule has 0 bridgehead atoms. The van der Waals surface area contributed by atoms with Crippen LogP contribution in [0.4, 0.5) is 19.1 Å². The minimum absolute atomic E-state index is 0.0139. The molecule has 0 amide bonds. The number of nitrogens with one attached hydrogen (secondary N) is 1. The van der Waals surface area contributed by atoms with Crippen molar-refractivity contribution in [3.8, 4) is 5.69 Å². The highest BCUT2D eigenvalue weighted by Crippen LogP contribution is 2.33. The van der Waals surface area contributed by atoms with E-state index in [1.807, 2.05) is 0 Å². The summed E-state index contributed by atoms with van der Waals surface area (Å²) in [6.45, 7) is 0. The highest BCUT2D eigenvalue weighted by molar-refractivity contribution is 9.10. The Balaban J connectivity index is 2.69. The molecule has 0 unspecified atom stereocenters. The molecule has 4 nitrogen and oxygen atoms in total. The number of nitrogens with zero attached hydrogens (tertiary/aromatic N) is 2. The number of anilines is 1. The number of aromatic nitrogens is 3. The number of hydrogen-bond acceptors (Lipinski definition) is 3. The first-order valence-electron chi connectivity index (χ1n) is 4.60. The van der Waals surface area contributed by atoms with Crippen LogP contribution in [0.2, 0.25) is 0 Å². The van der Waals surface area contributed by atoms with Crippen molar-refractivity contribution in [1.29, 1.82) is 0 Å². The minimum Gasteiger partial charge on any atom is -0.368 e. The summed E-state index contributed by atoms with van der Waals surface area (Å²) in [5.41, 5.74) is 4.95. The molecule has 0 radical (unpaired) electrons. The van der Waals surface area contributed by atoms with Crippen molar-refractivity contribution in [1.82, 2.24) is 14.8 Å². The molecule has 0 atom stereocenters. The van der Waals surface area contributed by atoms with E-state index < -0.39 is 11.7 Å². The maximum atomic E-state index is 12.6. The Hall–Kier alpha value is -1.35. The van der Waals surface area contributed by atoms with Crippen LogP contribution in [-0.4, -0.2) is 14.8 Å². The Bertz CT molecular complexity index is 646. The van der Waals surface area contributed by atoms with Crippen LogP contribution >= 0.6 is 28.1 Å². The molecule has 0 aliphatic carbocycles. The lowest BCUT2D eigenvalue weighted by Gasteiger charge is -2.11. The molecule has 0 aliphatic heterocycles. The van der Waals surface area contributed by atoms with Gasteiger partial charge in [0.2, 0.25) is 10.7 Å². The maximum Gasteiger partial charge on any atom is 0.416 e.